The average Bonchev–Trinajstić information content (AvgIpc) is 2.73. The number of rotatable bonds is 3. The lowest BCUT2D eigenvalue weighted by molar-refractivity contribution is -0.128. The van der Waals surface area contributed by atoms with E-state index in [0.717, 1.165) is 6.07 Å². The quantitative estimate of drug-likeness (QED) is 0.876. The molecule has 1 saturated heterocycles. The topological polar surface area (TPSA) is 95.0 Å². The van der Waals surface area contributed by atoms with Gasteiger partial charge < -0.3 is 10.0 Å². The first-order valence-electron chi connectivity index (χ1n) is 7.02. The maximum absolute atomic E-state index is 12.8. The normalized spacial score (nSPS) is 16.9. The molecule has 0 aliphatic carbocycles. The van der Waals surface area contributed by atoms with E-state index in [4.69, 9.17) is 16.7 Å². The summed E-state index contributed by atoms with van der Waals surface area (Å²) >= 11 is 5.96. The molecule has 1 aliphatic heterocycles. The molecule has 9 heteroatoms. The van der Waals surface area contributed by atoms with E-state index in [0.29, 0.717) is 19.5 Å². The number of sulfonamides is 1. The van der Waals surface area contributed by atoms with Gasteiger partial charge in [0.25, 0.3) is 0 Å². The van der Waals surface area contributed by atoms with Gasteiger partial charge in [0.15, 0.2) is 0 Å². The van der Waals surface area contributed by atoms with E-state index >= 15 is 0 Å². The van der Waals surface area contributed by atoms with Crippen molar-refractivity contribution >= 4 is 33.5 Å². The van der Waals surface area contributed by atoms with Gasteiger partial charge in [0, 0.05) is 33.1 Å². The van der Waals surface area contributed by atoms with Gasteiger partial charge >= 0.3 is 5.97 Å². The molecule has 0 spiro atoms. The molecule has 2 rings (SSSR count). The molecule has 1 fully saturated rings. The summed E-state index contributed by atoms with van der Waals surface area (Å²) in [6, 6.07) is 3.58. The summed E-state index contributed by atoms with van der Waals surface area (Å²) in [4.78, 5) is 23.8. The second-order valence-corrected chi connectivity index (χ2v) is 7.53. The van der Waals surface area contributed by atoms with Crippen LogP contribution in [0.4, 0.5) is 0 Å². The van der Waals surface area contributed by atoms with Crippen LogP contribution in [0.2, 0.25) is 5.02 Å². The number of carbonyl (C=O) groups is 2. The number of carboxylic acid groups (broad SMARTS) is 1. The van der Waals surface area contributed by atoms with Crippen LogP contribution >= 0.6 is 11.6 Å². The molecular formula is C14H17ClN2O5S. The van der Waals surface area contributed by atoms with E-state index in [2.05, 4.69) is 0 Å². The summed E-state index contributed by atoms with van der Waals surface area (Å²) in [6.45, 7) is 2.63. The molecule has 23 heavy (non-hydrogen) atoms. The summed E-state index contributed by atoms with van der Waals surface area (Å²) in [5, 5.41) is 9.00. The molecule has 0 aromatic heterocycles. The van der Waals surface area contributed by atoms with Crippen molar-refractivity contribution in [1.29, 1.82) is 0 Å². The Morgan fingerprint density at radius 3 is 2.48 bits per heavy atom. The van der Waals surface area contributed by atoms with Gasteiger partial charge in [0.2, 0.25) is 15.9 Å². The number of carboxylic acids is 1. The van der Waals surface area contributed by atoms with Gasteiger partial charge in [-0.25, -0.2) is 13.2 Å². The van der Waals surface area contributed by atoms with Crippen molar-refractivity contribution in [2.45, 2.75) is 18.2 Å². The number of hydrogen-bond donors (Lipinski definition) is 1. The molecule has 0 bridgehead atoms. The minimum atomic E-state index is -3.92. The van der Waals surface area contributed by atoms with Crippen LogP contribution < -0.4 is 0 Å². The number of carbonyl (C=O) groups excluding carboxylic acids is 1. The van der Waals surface area contributed by atoms with E-state index in [1.165, 1.54) is 23.4 Å². The molecule has 0 saturated carbocycles. The lowest BCUT2D eigenvalue weighted by Gasteiger charge is -2.21. The Bertz CT molecular complexity index is 735. The van der Waals surface area contributed by atoms with Crippen LogP contribution in [0.15, 0.2) is 23.1 Å². The summed E-state index contributed by atoms with van der Waals surface area (Å²) < 4.78 is 26.8. The zero-order chi connectivity index (χ0) is 17.2. The Balaban J connectivity index is 2.33. The minimum Gasteiger partial charge on any atom is -0.478 e. The minimum absolute atomic E-state index is 0.0253. The first-order chi connectivity index (χ1) is 10.7. The zero-order valence-corrected chi connectivity index (χ0v) is 14.1. The van der Waals surface area contributed by atoms with E-state index in [9.17, 15) is 18.0 Å². The van der Waals surface area contributed by atoms with Gasteiger partial charge in [0.1, 0.15) is 4.90 Å². The van der Waals surface area contributed by atoms with E-state index in [1.807, 2.05) is 0 Å². The average molecular weight is 361 g/mol. The molecule has 1 N–H and O–H groups in total. The van der Waals surface area contributed by atoms with E-state index in [1.54, 1.807) is 4.90 Å². The highest BCUT2D eigenvalue weighted by Gasteiger charge is 2.29. The van der Waals surface area contributed by atoms with Gasteiger partial charge in [-0.2, -0.15) is 4.31 Å². The third-order valence-electron chi connectivity index (χ3n) is 3.70. The first-order valence-corrected chi connectivity index (χ1v) is 8.84. The fraction of sp³-hybridized carbons (Fsp3) is 0.429. The van der Waals surface area contributed by atoms with Gasteiger partial charge in [-0.3, -0.25) is 4.79 Å². The standard InChI is InChI=1S/C14H17ClN2O5S/c1-10(18)16-5-2-6-17(8-7-16)23(21,22)13-9-11(14(19)20)3-4-12(13)15/h3-4,9H,2,5-8H2,1H3,(H,19,20). The molecule has 7 nitrogen and oxygen atoms in total. The zero-order valence-electron chi connectivity index (χ0n) is 12.5. The van der Waals surface area contributed by atoms with Gasteiger partial charge in [-0.05, 0) is 24.6 Å². The Kier molecular flexibility index (Phi) is 5.28. The summed E-state index contributed by atoms with van der Waals surface area (Å²) in [5.74, 6) is -1.33. The Hall–Kier alpha value is -1.64. The number of halogens is 1. The van der Waals surface area contributed by atoms with Gasteiger partial charge in [-0.15, -0.1) is 0 Å². The number of hydrogen-bond acceptors (Lipinski definition) is 4. The monoisotopic (exact) mass is 360 g/mol. The molecule has 1 heterocycles. The molecular weight excluding hydrogens is 344 g/mol. The SMILES string of the molecule is CC(=O)N1CCCN(S(=O)(=O)c2cc(C(=O)O)ccc2Cl)CC1. The number of benzene rings is 1. The Labute approximate surface area is 139 Å². The number of amides is 1. The van der Waals surface area contributed by atoms with Crippen molar-refractivity contribution in [3.05, 3.63) is 28.8 Å². The largest absolute Gasteiger partial charge is 0.478 e. The maximum atomic E-state index is 12.8. The lowest BCUT2D eigenvalue weighted by atomic mass is 10.2. The lowest BCUT2D eigenvalue weighted by Crippen LogP contribution is -2.36. The van der Waals surface area contributed by atoms with Gasteiger partial charge in [-0.1, -0.05) is 11.6 Å². The van der Waals surface area contributed by atoms with Crippen molar-refractivity contribution in [1.82, 2.24) is 9.21 Å². The fourth-order valence-electron chi connectivity index (χ4n) is 2.42. The van der Waals surface area contributed by atoms with Crippen LogP contribution in [0, 0.1) is 0 Å². The molecule has 0 radical (unpaired) electrons. The first kappa shape index (κ1) is 17.7. The van der Waals surface area contributed by atoms with E-state index < -0.39 is 16.0 Å². The van der Waals surface area contributed by atoms with Crippen molar-refractivity contribution in [2.24, 2.45) is 0 Å². The molecule has 1 aliphatic rings. The summed E-state index contributed by atoms with van der Waals surface area (Å²) in [6.07, 6.45) is 0.509. The third-order valence-corrected chi connectivity index (χ3v) is 6.08. The molecule has 1 aromatic carbocycles. The van der Waals surface area contributed by atoms with Crippen molar-refractivity contribution < 1.29 is 23.1 Å². The predicted molar refractivity (Wildman–Crippen MR) is 84.0 cm³/mol. The Morgan fingerprint density at radius 2 is 1.87 bits per heavy atom. The summed E-state index contributed by atoms with van der Waals surface area (Å²) in [5.41, 5.74) is -0.145. The molecule has 0 atom stereocenters. The van der Waals surface area contributed by atoms with E-state index in [-0.39, 0.29) is 34.5 Å². The van der Waals surface area contributed by atoms with Crippen LogP contribution in [0.25, 0.3) is 0 Å². The van der Waals surface area contributed by atoms with Crippen molar-refractivity contribution in [3.8, 4) is 0 Å². The number of aromatic carboxylic acids is 1. The molecule has 1 aromatic rings. The highest BCUT2D eigenvalue weighted by molar-refractivity contribution is 7.89. The maximum Gasteiger partial charge on any atom is 0.335 e. The highest BCUT2D eigenvalue weighted by atomic mass is 35.5. The third kappa shape index (κ3) is 3.82. The van der Waals surface area contributed by atoms with Crippen molar-refractivity contribution in [2.75, 3.05) is 26.2 Å². The second-order valence-electron chi connectivity index (χ2n) is 5.21. The van der Waals surface area contributed by atoms with Crippen LogP contribution in [0.5, 0.6) is 0 Å². The van der Waals surface area contributed by atoms with Crippen LogP contribution in [0.1, 0.15) is 23.7 Å². The summed E-state index contributed by atoms with van der Waals surface area (Å²) in [7, 11) is -3.92. The molecule has 1 amide bonds. The molecule has 126 valence electrons. The molecule has 0 unspecified atom stereocenters. The second kappa shape index (κ2) is 6.86. The predicted octanol–water partition coefficient (Wildman–Crippen LogP) is 1.28. The fourth-order valence-corrected chi connectivity index (χ4v) is 4.39. The number of nitrogens with zero attached hydrogens (tertiary/aromatic N) is 2. The van der Waals surface area contributed by atoms with Crippen LogP contribution in [0.3, 0.4) is 0 Å². The van der Waals surface area contributed by atoms with Crippen LogP contribution in [-0.2, 0) is 14.8 Å². The Morgan fingerprint density at radius 1 is 1.17 bits per heavy atom. The highest BCUT2D eigenvalue weighted by Crippen LogP contribution is 2.26. The smallest absolute Gasteiger partial charge is 0.335 e. The van der Waals surface area contributed by atoms with Gasteiger partial charge in [0.05, 0.1) is 10.6 Å². The van der Waals surface area contributed by atoms with Crippen LogP contribution in [-0.4, -0.2) is 60.8 Å². The van der Waals surface area contributed by atoms with Crippen molar-refractivity contribution in [3.63, 3.8) is 0 Å².